The van der Waals surface area contributed by atoms with Crippen LogP contribution in [0.15, 0.2) is 18.2 Å². The Morgan fingerprint density at radius 1 is 1.30 bits per heavy atom. The first-order valence-electron chi connectivity index (χ1n) is 6.67. The van der Waals surface area contributed by atoms with Gasteiger partial charge in [-0.25, -0.2) is 14.0 Å². The third kappa shape index (κ3) is 2.01. The van der Waals surface area contributed by atoms with Crippen molar-refractivity contribution in [1.29, 1.82) is 0 Å². The van der Waals surface area contributed by atoms with E-state index in [1.165, 1.54) is 21.9 Å². The van der Waals surface area contributed by atoms with Gasteiger partial charge in [-0.1, -0.05) is 6.07 Å². The SMILES string of the molecule is O=C(O)C1CCCN1C(=O)N1CCc2ccc(F)cc21. The van der Waals surface area contributed by atoms with E-state index >= 15 is 0 Å². The molecule has 6 heteroatoms. The summed E-state index contributed by atoms with van der Waals surface area (Å²) in [6.07, 6.45) is 1.84. The Bertz CT molecular complexity index is 576. The number of aliphatic carboxylic acids is 1. The fourth-order valence-corrected chi connectivity index (χ4v) is 2.96. The molecule has 1 atom stereocenters. The topological polar surface area (TPSA) is 60.9 Å². The van der Waals surface area contributed by atoms with Crippen molar-refractivity contribution in [3.05, 3.63) is 29.6 Å². The Morgan fingerprint density at radius 2 is 2.10 bits per heavy atom. The van der Waals surface area contributed by atoms with Crippen molar-refractivity contribution in [2.75, 3.05) is 18.0 Å². The number of carbonyl (C=O) groups excluding carboxylic acids is 1. The normalized spacial score (nSPS) is 21.1. The molecule has 1 aromatic rings. The highest BCUT2D eigenvalue weighted by molar-refractivity contribution is 5.96. The molecular weight excluding hydrogens is 263 g/mol. The third-order valence-electron chi connectivity index (χ3n) is 3.96. The highest BCUT2D eigenvalue weighted by Gasteiger charge is 2.38. The Hall–Kier alpha value is -2.11. The maximum Gasteiger partial charge on any atom is 0.326 e. The number of hydrogen-bond acceptors (Lipinski definition) is 2. The second-order valence-corrected chi connectivity index (χ2v) is 5.15. The molecule has 0 spiro atoms. The molecule has 1 saturated heterocycles. The van der Waals surface area contributed by atoms with Gasteiger partial charge in [-0.3, -0.25) is 4.90 Å². The molecule has 106 valence electrons. The molecule has 2 aliphatic heterocycles. The summed E-state index contributed by atoms with van der Waals surface area (Å²) in [6.45, 7) is 0.914. The minimum Gasteiger partial charge on any atom is -0.480 e. The lowest BCUT2D eigenvalue weighted by molar-refractivity contribution is -0.141. The van der Waals surface area contributed by atoms with Gasteiger partial charge in [-0.2, -0.15) is 0 Å². The van der Waals surface area contributed by atoms with Crippen molar-refractivity contribution in [2.24, 2.45) is 0 Å². The number of benzene rings is 1. The third-order valence-corrected chi connectivity index (χ3v) is 3.96. The number of urea groups is 1. The standard InChI is InChI=1S/C14H15FN2O3/c15-10-4-3-9-5-7-17(12(9)8-10)14(20)16-6-1-2-11(16)13(18)19/h3-4,8,11H,1-2,5-7H2,(H,18,19). The molecule has 2 heterocycles. The van der Waals surface area contributed by atoms with Crippen molar-refractivity contribution in [3.8, 4) is 0 Å². The van der Waals surface area contributed by atoms with Crippen molar-refractivity contribution >= 4 is 17.7 Å². The summed E-state index contributed by atoms with van der Waals surface area (Å²) in [5.41, 5.74) is 1.48. The van der Waals surface area contributed by atoms with Gasteiger partial charge in [-0.05, 0) is 37.0 Å². The van der Waals surface area contributed by atoms with Crippen molar-refractivity contribution in [3.63, 3.8) is 0 Å². The van der Waals surface area contributed by atoms with Crippen molar-refractivity contribution < 1.29 is 19.1 Å². The van der Waals surface area contributed by atoms with Crippen LogP contribution in [0.3, 0.4) is 0 Å². The van der Waals surface area contributed by atoms with Crippen LogP contribution in [-0.2, 0) is 11.2 Å². The molecule has 0 bridgehead atoms. The van der Waals surface area contributed by atoms with Crippen LogP contribution >= 0.6 is 0 Å². The molecule has 1 unspecified atom stereocenters. The van der Waals surface area contributed by atoms with Gasteiger partial charge in [0.05, 0.1) is 5.69 Å². The van der Waals surface area contributed by atoms with Crippen molar-refractivity contribution in [1.82, 2.24) is 4.90 Å². The number of hydrogen-bond donors (Lipinski definition) is 1. The first-order valence-corrected chi connectivity index (χ1v) is 6.67. The summed E-state index contributed by atoms with van der Waals surface area (Å²) in [5.74, 6) is -1.37. The molecule has 3 rings (SSSR count). The number of carbonyl (C=O) groups is 2. The monoisotopic (exact) mass is 278 g/mol. The van der Waals surface area contributed by atoms with Gasteiger partial charge in [-0.15, -0.1) is 0 Å². The van der Waals surface area contributed by atoms with Gasteiger partial charge < -0.3 is 10.0 Å². The summed E-state index contributed by atoms with van der Waals surface area (Å²) < 4.78 is 13.3. The summed E-state index contributed by atoms with van der Waals surface area (Å²) >= 11 is 0. The van der Waals surface area contributed by atoms with Crippen LogP contribution in [0.2, 0.25) is 0 Å². The summed E-state index contributed by atoms with van der Waals surface area (Å²) in [5, 5.41) is 9.14. The smallest absolute Gasteiger partial charge is 0.326 e. The molecule has 0 radical (unpaired) electrons. The summed E-state index contributed by atoms with van der Waals surface area (Å²) in [4.78, 5) is 26.5. The lowest BCUT2D eigenvalue weighted by Gasteiger charge is -2.27. The quantitative estimate of drug-likeness (QED) is 0.853. The van der Waals surface area contributed by atoms with E-state index in [9.17, 15) is 14.0 Å². The largest absolute Gasteiger partial charge is 0.480 e. The van der Waals surface area contributed by atoms with Crippen LogP contribution in [0.4, 0.5) is 14.9 Å². The molecule has 0 aliphatic carbocycles. The van der Waals surface area contributed by atoms with E-state index in [1.807, 2.05) is 0 Å². The Kier molecular flexibility index (Phi) is 3.08. The molecule has 2 amide bonds. The molecule has 1 N–H and O–H groups in total. The predicted molar refractivity (Wildman–Crippen MR) is 70.2 cm³/mol. The van der Waals surface area contributed by atoms with Crippen molar-refractivity contribution in [2.45, 2.75) is 25.3 Å². The molecule has 1 fully saturated rings. The molecule has 0 saturated carbocycles. The second kappa shape index (κ2) is 4.77. The maximum absolute atomic E-state index is 13.3. The number of fused-ring (bicyclic) bond motifs is 1. The number of nitrogens with zero attached hydrogens (tertiary/aromatic N) is 2. The lowest BCUT2D eigenvalue weighted by atomic mass is 10.2. The first-order chi connectivity index (χ1) is 9.58. The highest BCUT2D eigenvalue weighted by Crippen LogP contribution is 2.31. The molecule has 0 aromatic heterocycles. The van der Waals surface area contributed by atoms with E-state index in [0.717, 1.165) is 5.56 Å². The minimum atomic E-state index is -0.977. The molecule has 20 heavy (non-hydrogen) atoms. The Balaban J connectivity index is 1.86. The average molecular weight is 278 g/mol. The van der Waals surface area contributed by atoms with Gasteiger partial charge in [0.1, 0.15) is 11.9 Å². The Morgan fingerprint density at radius 3 is 2.85 bits per heavy atom. The van der Waals surface area contributed by atoms with Crippen LogP contribution in [0.5, 0.6) is 0 Å². The number of likely N-dealkylation sites (tertiary alicyclic amines) is 1. The van der Waals surface area contributed by atoms with E-state index in [0.29, 0.717) is 38.0 Å². The zero-order valence-electron chi connectivity index (χ0n) is 10.9. The zero-order chi connectivity index (χ0) is 14.3. The van der Waals surface area contributed by atoms with Gasteiger partial charge >= 0.3 is 12.0 Å². The number of amides is 2. The summed E-state index contributed by atoms with van der Waals surface area (Å²) in [7, 11) is 0. The molecular formula is C14H15FN2O3. The van der Waals surface area contributed by atoms with Gasteiger partial charge in [0.25, 0.3) is 0 Å². The Labute approximate surface area is 115 Å². The first kappa shape index (κ1) is 12.9. The zero-order valence-corrected chi connectivity index (χ0v) is 10.9. The number of rotatable bonds is 1. The van der Waals surface area contributed by atoms with E-state index in [2.05, 4.69) is 0 Å². The molecule has 2 aliphatic rings. The van der Waals surface area contributed by atoms with Gasteiger partial charge in [0, 0.05) is 13.1 Å². The fraction of sp³-hybridized carbons (Fsp3) is 0.429. The average Bonchev–Trinajstić information content (AvgIpc) is 3.04. The number of carboxylic acids is 1. The second-order valence-electron chi connectivity index (χ2n) is 5.15. The van der Waals surface area contributed by atoms with Crippen LogP contribution < -0.4 is 4.90 Å². The molecule has 1 aromatic carbocycles. The van der Waals surface area contributed by atoms with Gasteiger partial charge in [0.2, 0.25) is 0 Å². The lowest BCUT2D eigenvalue weighted by Crippen LogP contribution is -2.47. The van der Waals surface area contributed by atoms with Crippen LogP contribution in [-0.4, -0.2) is 41.1 Å². The maximum atomic E-state index is 13.3. The predicted octanol–water partition coefficient (Wildman–Crippen LogP) is 1.86. The van der Waals surface area contributed by atoms with E-state index in [1.54, 1.807) is 6.07 Å². The summed E-state index contributed by atoms with van der Waals surface area (Å²) in [6, 6.07) is 3.30. The highest BCUT2D eigenvalue weighted by atomic mass is 19.1. The van der Waals surface area contributed by atoms with Crippen LogP contribution in [0, 0.1) is 5.82 Å². The van der Waals surface area contributed by atoms with E-state index in [4.69, 9.17) is 5.11 Å². The van der Waals surface area contributed by atoms with Gasteiger partial charge in [0.15, 0.2) is 0 Å². The number of anilines is 1. The molecule has 5 nitrogen and oxygen atoms in total. The van der Waals surface area contributed by atoms with Crippen LogP contribution in [0.1, 0.15) is 18.4 Å². The fourth-order valence-electron chi connectivity index (χ4n) is 2.96. The van der Waals surface area contributed by atoms with E-state index < -0.39 is 12.0 Å². The number of carboxylic acid groups (broad SMARTS) is 1. The van der Waals surface area contributed by atoms with E-state index in [-0.39, 0.29) is 11.8 Å². The van der Waals surface area contributed by atoms with Crippen LogP contribution in [0.25, 0.3) is 0 Å². The minimum absolute atomic E-state index is 0.334. The number of halogens is 1.